The molecule has 0 radical (unpaired) electrons. The predicted octanol–water partition coefficient (Wildman–Crippen LogP) is 3.59. The van der Waals surface area contributed by atoms with Crippen molar-refractivity contribution in [3.63, 3.8) is 0 Å². The van der Waals surface area contributed by atoms with Crippen LogP contribution in [0.5, 0.6) is 5.75 Å². The highest BCUT2D eigenvalue weighted by Crippen LogP contribution is 2.49. The first-order chi connectivity index (χ1) is 7.78. The molecule has 2 N–H and O–H groups in total. The normalized spacial score (nSPS) is 18.0. The topological polar surface area (TPSA) is 35.2 Å². The smallest absolute Gasteiger partial charge is 0.142 e. The second-order valence-electron chi connectivity index (χ2n) is 5.95. The van der Waals surface area contributed by atoms with Crippen molar-refractivity contribution >= 4 is 11.6 Å². The fraction of sp³-hybridized carbons (Fsp3) is 0.571. The monoisotopic (exact) mass is 253 g/mol. The quantitative estimate of drug-likeness (QED) is 0.874. The molecule has 0 aromatic heterocycles. The maximum atomic E-state index is 6.29. The molecule has 0 aliphatic heterocycles. The van der Waals surface area contributed by atoms with Crippen molar-refractivity contribution in [3.8, 4) is 5.75 Å². The number of methoxy groups -OCH3 is 1. The van der Waals surface area contributed by atoms with Gasteiger partial charge in [0, 0.05) is 11.1 Å². The van der Waals surface area contributed by atoms with Crippen LogP contribution in [0.25, 0.3) is 0 Å². The Kier molecular flexibility index (Phi) is 2.91. The van der Waals surface area contributed by atoms with E-state index < -0.39 is 0 Å². The standard InChI is InChI=1S/C14H20ClNO/c1-13(2,3)9-7-10(14(16)5-6-14)12(17-4)11(15)8-9/h7-8H,5-6,16H2,1-4H3. The van der Waals surface area contributed by atoms with Gasteiger partial charge in [-0.15, -0.1) is 0 Å². The minimum Gasteiger partial charge on any atom is -0.495 e. The van der Waals surface area contributed by atoms with Gasteiger partial charge in [0.05, 0.1) is 12.1 Å². The third-order valence-electron chi connectivity index (χ3n) is 3.44. The van der Waals surface area contributed by atoms with E-state index in [-0.39, 0.29) is 11.0 Å². The molecular weight excluding hydrogens is 234 g/mol. The first kappa shape index (κ1) is 12.7. The molecule has 1 fully saturated rings. The molecule has 2 nitrogen and oxygen atoms in total. The molecule has 0 unspecified atom stereocenters. The van der Waals surface area contributed by atoms with Gasteiger partial charge in [0.2, 0.25) is 0 Å². The van der Waals surface area contributed by atoms with E-state index in [0.717, 1.165) is 24.2 Å². The summed E-state index contributed by atoms with van der Waals surface area (Å²) in [6.45, 7) is 6.51. The van der Waals surface area contributed by atoms with Crippen molar-refractivity contribution in [2.24, 2.45) is 5.73 Å². The lowest BCUT2D eigenvalue weighted by Crippen LogP contribution is -2.21. The molecule has 1 aliphatic rings. The maximum absolute atomic E-state index is 6.29. The molecular formula is C14H20ClNO. The van der Waals surface area contributed by atoms with Gasteiger partial charge in [-0.25, -0.2) is 0 Å². The first-order valence-corrected chi connectivity index (χ1v) is 6.33. The largest absolute Gasteiger partial charge is 0.495 e. The van der Waals surface area contributed by atoms with Gasteiger partial charge in [-0.1, -0.05) is 32.4 Å². The van der Waals surface area contributed by atoms with Crippen molar-refractivity contribution in [2.45, 2.75) is 44.6 Å². The molecule has 1 saturated carbocycles. The lowest BCUT2D eigenvalue weighted by atomic mass is 9.85. The summed E-state index contributed by atoms with van der Waals surface area (Å²) < 4.78 is 5.40. The Morgan fingerprint density at radius 3 is 2.29 bits per heavy atom. The van der Waals surface area contributed by atoms with Gasteiger partial charge in [0.25, 0.3) is 0 Å². The van der Waals surface area contributed by atoms with Crippen molar-refractivity contribution < 1.29 is 4.74 Å². The number of hydrogen-bond acceptors (Lipinski definition) is 2. The molecule has 0 atom stereocenters. The molecule has 2 rings (SSSR count). The minimum absolute atomic E-state index is 0.0654. The van der Waals surface area contributed by atoms with Crippen LogP contribution in [0.3, 0.4) is 0 Å². The van der Waals surface area contributed by atoms with E-state index in [2.05, 4.69) is 26.8 Å². The van der Waals surface area contributed by atoms with Crippen LogP contribution in [-0.4, -0.2) is 7.11 Å². The molecule has 0 heterocycles. The molecule has 1 aliphatic carbocycles. The summed E-state index contributed by atoms with van der Waals surface area (Å²) in [4.78, 5) is 0. The van der Waals surface area contributed by atoms with Crippen LogP contribution in [0.4, 0.5) is 0 Å². The van der Waals surface area contributed by atoms with Crippen molar-refractivity contribution in [1.29, 1.82) is 0 Å². The van der Waals surface area contributed by atoms with E-state index in [1.807, 2.05) is 6.07 Å². The molecule has 0 spiro atoms. The zero-order chi connectivity index (χ0) is 12.8. The molecule has 1 aromatic rings. The highest BCUT2D eigenvalue weighted by Gasteiger charge is 2.43. The molecule has 94 valence electrons. The predicted molar refractivity (Wildman–Crippen MR) is 71.8 cm³/mol. The van der Waals surface area contributed by atoms with Crippen molar-refractivity contribution in [3.05, 3.63) is 28.3 Å². The van der Waals surface area contributed by atoms with Crippen LogP contribution >= 0.6 is 11.6 Å². The molecule has 0 bridgehead atoms. The first-order valence-electron chi connectivity index (χ1n) is 5.95. The molecule has 17 heavy (non-hydrogen) atoms. The fourth-order valence-corrected chi connectivity index (χ4v) is 2.30. The summed E-state index contributed by atoms with van der Waals surface area (Å²) in [5.41, 5.74) is 8.38. The highest BCUT2D eigenvalue weighted by molar-refractivity contribution is 6.32. The van der Waals surface area contributed by atoms with Gasteiger partial charge in [-0.2, -0.15) is 0 Å². The molecule has 0 amide bonds. The van der Waals surface area contributed by atoms with E-state index in [0.29, 0.717) is 5.02 Å². The second-order valence-corrected chi connectivity index (χ2v) is 6.35. The summed E-state index contributed by atoms with van der Waals surface area (Å²) in [7, 11) is 1.65. The third-order valence-corrected chi connectivity index (χ3v) is 3.72. The Bertz CT molecular complexity index is 444. The summed E-state index contributed by atoms with van der Waals surface area (Å²) >= 11 is 6.29. The fourth-order valence-electron chi connectivity index (χ4n) is 2.01. The van der Waals surface area contributed by atoms with Crippen LogP contribution in [0, 0.1) is 0 Å². The van der Waals surface area contributed by atoms with Gasteiger partial charge >= 0.3 is 0 Å². The van der Waals surface area contributed by atoms with E-state index in [9.17, 15) is 0 Å². The van der Waals surface area contributed by atoms with Gasteiger partial charge in [-0.05, 0) is 36.0 Å². The van der Waals surface area contributed by atoms with E-state index >= 15 is 0 Å². The number of rotatable bonds is 2. The van der Waals surface area contributed by atoms with Gasteiger partial charge < -0.3 is 10.5 Å². The van der Waals surface area contributed by atoms with E-state index in [1.54, 1.807) is 7.11 Å². The average Bonchev–Trinajstić information content (AvgIpc) is 2.95. The average molecular weight is 254 g/mol. The number of ether oxygens (including phenoxy) is 1. The number of halogens is 1. The molecule has 1 aromatic carbocycles. The van der Waals surface area contributed by atoms with Gasteiger partial charge in [0.1, 0.15) is 5.75 Å². The Balaban J connectivity index is 2.59. The van der Waals surface area contributed by atoms with Crippen LogP contribution in [-0.2, 0) is 11.0 Å². The van der Waals surface area contributed by atoms with E-state index in [1.165, 1.54) is 5.56 Å². The Morgan fingerprint density at radius 2 is 1.88 bits per heavy atom. The van der Waals surface area contributed by atoms with Crippen LogP contribution in [0.2, 0.25) is 5.02 Å². The summed E-state index contributed by atoms with van der Waals surface area (Å²) in [5.74, 6) is 0.736. The Hall–Kier alpha value is -0.730. The maximum Gasteiger partial charge on any atom is 0.142 e. The number of benzene rings is 1. The zero-order valence-electron chi connectivity index (χ0n) is 10.9. The summed E-state index contributed by atoms with van der Waals surface area (Å²) in [6.07, 6.45) is 2.01. The number of hydrogen-bond donors (Lipinski definition) is 1. The van der Waals surface area contributed by atoms with Gasteiger partial charge in [0.15, 0.2) is 0 Å². The lowest BCUT2D eigenvalue weighted by Gasteiger charge is -2.24. The van der Waals surface area contributed by atoms with E-state index in [4.69, 9.17) is 22.1 Å². The van der Waals surface area contributed by atoms with Crippen molar-refractivity contribution in [1.82, 2.24) is 0 Å². The summed E-state index contributed by atoms with van der Waals surface area (Å²) in [6, 6.07) is 4.13. The Morgan fingerprint density at radius 1 is 1.29 bits per heavy atom. The second kappa shape index (κ2) is 3.89. The van der Waals surface area contributed by atoms with Crippen LogP contribution in [0.1, 0.15) is 44.7 Å². The van der Waals surface area contributed by atoms with Crippen LogP contribution in [0.15, 0.2) is 12.1 Å². The summed E-state index contributed by atoms with van der Waals surface area (Å²) in [5, 5.41) is 0.659. The highest BCUT2D eigenvalue weighted by atomic mass is 35.5. The minimum atomic E-state index is -0.226. The molecule has 3 heteroatoms. The van der Waals surface area contributed by atoms with Crippen molar-refractivity contribution in [2.75, 3.05) is 7.11 Å². The zero-order valence-corrected chi connectivity index (χ0v) is 11.7. The SMILES string of the molecule is COc1c(Cl)cc(C(C)(C)C)cc1C1(N)CC1. The molecule has 0 saturated heterocycles. The third kappa shape index (κ3) is 2.29. The Labute approximate surface area is 108 Å². The lowest BCUT2D eigenvalue weighted by molar-refractivity contribution is 0.404. The number of nitrogens with two attached hydrogens (primary N) is 1. The van der Waals surface area contributed by atoms with Gasteiger partial charge in [-0.3, -0.25) is 0 Å². The van der Waals surface area contributed by atoms with Crippen LogP contribution < -0.4 is 10.5 Å².